The number of fused-ring (bicyclic) bond motifs is 1. The van der Waals surface area contributed by atoms with Crippen LogP contribution in [-0.2, 0) is 40.4 Å². The van der Waals surface area contributed by atoms with E-state index in [2.05, 4.69) is 37.4 Å². The molecule has 6 rings (SSSR count). The van der Waals surface area contributed by atoms with E-state index in [1.165, 1.54) is 6.07 Å². The first kappa shape index (κ1) is 44.5. The van der Waals surface area contributed by atoms with Gasteiger partial charge in [0, 0.05) is 65.6 Å². The monoisotopic (exact) mass is 870 g/mol. The van der Waals surface area contributed by atoms with Gasteiger partial charge in [-0.05, 0) is 85.9 Å². The van der Waals surface area contributed by atoms with Gasteiger partial charge in [0.05, 0.1) is 17.8 Å². The Labute approximate surface area is 362 Å². The number of likely N-dealkylation sites (tertiary alicyclic amines) is 1. The van der Waals surface area contributed by atoms with Crippen molar-refractivity contribution in [1.29, 1.82) is 0 Å². The van der Waals surface area contributed by atoms with Gasteiger partial charge in [0.2, 0.25) is 17.7 Å². The first-order valence-electron chi connectivity index (χ1n) is 20.0. The number of nitrogens with one attached hydrogen (secondary N) is 5. The highest BCUT2D eigenvalue weighted by Crippen LogP contribution is 2.29. The van der Waals surface area contributed by atoms with E-state index < -0.39 is 41.6 Å². The number of benzene rings is 4. The number of amides is 5. The quantitative estimate of drug-likeness (QED) is 0.0618. The van der Waals surface area contributed by atoms with Crippen LogP contribution in [0, 0.1) is 24.0 Å². The Hall–Kier alpha value is -6.01. The molecule has 5 N–H and O–H groups in total. The highest BCUT2D eigenvalue weighted by Gasteiger charge is 2.28. The molecule has 4 aromatic carbocycles. The number of aromatic nitrogens is 2. The van der Waals surface area contributed by atoms with Gasteiger partial charge in [0.15, 0.2) is 11.6 Å². The summed E-state index contributed by atoms with van der Waals surface area (Å²) < 4.78 is 30.1. The molecular formula is C45H46Cl2F2N8O4. The van der Waals surface area contributed by atoms with Gasteiger partial charge in [-0.2, -0.15) is 5.10 Å². The van der Waals surface area contributed by atoms with E-state index in [9.17, 15) is 28.0 Å². The number of urea groups is 1. The summed E-state index contributed by atoms with van der Waals surface area (Å²) in [6.07, 6.45) is 7.55. The molecule has 1 aliphatic rings. The molecule has 5 amide bonds. The molecule has 0 saturated carbocycles. The van der Waals surface area contributed by atoms with Crippen molar-refractivity contribution in [3.8, 4) is 12.3 Å². The highest BCUT2D eigenvalue weighted by molar-refractivity contribution is 6.36. The summed E-state index contributed by atoms with van der Waals surface area (Å²) >= 11 is 13.1. The number of nitrogens with zero attached hydrogens (tertiary/aromatic N) is 3. The first-order valence-corrected chi connectivity index (χ1v) is 20.7. The van der Waals surface area contributed by atoms with Crippen molar-refractivity contribution < 1.29 is 28.0 Å². The van der Waals surface area contributed by atoms with Crippen LogP contribution in [0.5, 0.6) is 0 Å². The maximum absolute atomic E-state index is 14.4. The van der Waals surface area contributed by atoms with Crippen molar-refractivity contribution in [1.82, 2.24) is 35.9 Å². The van der Waals surface area contributed by atoms with E-state index in [0.717, 1.165) is 54.7 Å². The van der Waals surface area contributed by atoms with Crippen LogP contribution in [0.1, 0.15) is 54.5 Å². The van der Waals surface area contributed by atoms with Gasteiger partial charge in [-0.25, -0.2) is 13.6 Å². The van der Waals surface area contributed by atoms with Crippen LogP contribution >= 0.6 is 23.2 Å². The Morgan fingerprint density at radius 2 is 1.56 bits per heavy atom. The Morgan fingerprint density at radius 3 is 2.28 bits per heavy atom. The van der Waals surface area contributed by atoms with Crippen molar-refractivity contribution >= 4 is 63.5 Å². The Morgan fingerprint density at radius 1 is 0.803 bits per heavy atom. The summed E-state index contributed by atoms with van der Waals surface area (Å²) in [5, 5.41) is 20.4. The molecule has 1 saturated heterocycles. The number of carbonyl (C=O) groups is 4. The maximum atomic E-state index is 14.4. The van der Waals surface area contributed by atoms with E-state index in [0.29, 0.717) is 33.4 Å². The number of anilines is 1. The average molecular weight is 872 g/mol. The number of hydrogen-bond acceptors (Lipinski definition) is 6. The van der Waals surface area contributed by atoms with Gasteiger partial charge in [-0.3, -0.25) is 24.0 Å². The lowest BCUT2D eigenvalue weighted by molar-refractivity contribution is -0.130. The van der Waals surface area contributed by atoms with Crippen molar-refractivity contribution in [2.45, 2.75) is 70.2 Å². The normalized spacial score (nSPS) is 13.6. The Kier molecular flexibility index (Phi) is 15.7. The first-order chi connectivity index (χ1) is 29.5. The Bertz CT molecular complexity index is 2380. The molecule has 2 atom stereocenters. The highest BCUT2D eigenvalue weighted by atomic mass is 35.5. The van der Waals surface area contributed by atoms with E-state index in [1.54, 1.807) is 35.0 Å². The zero-order valence-corrected chi connectivity index (χ0v) is 34.8. The molecule has 0 radical (unpaired) electrons. The minimum absolute atomic E-state index is 0.00883. The second-order valence-corrected chi connectivity index (χ2v) is 15.5. The van der Waals surface area contributed by atoms with E-state index in [1.807, 2.05) is 36.4 Å². The summed E-state index contributed by atoms with van der Waals surface area (Å²) in [6, 6.07) is 19.6. The lowest BCUT2D eigenvalue weighted by Crippen LogP contribution is -2.55. The Balaban J connectivity index is 1.23. The van der Waals surface area contributed by atoms with Crippen LogP contribution in [0.4, 0.5) is 19.3 Å². The topological polar surface area (TPSA) is 149 Å². The smallest absolute Gasteiger partial charge is 0.319 e. The van der Waals surface area contributed by atoms with E-state index >= 15 is 0 Å². The van der Waals surface area contributed by atoms with Crippen molar-refractivity contribution in [2.75, 3.05) is 25.0 Å². The summed E-state index contributed by atoms with van der Waals surface area (Å²) in [5.74, 6) is -1.46. The second-order valence-electron chi connectivity index (χ2n) is 14.7. The zero-order valence-electron chi connectivity index (χ0n) is 33.3. The largest absolute Gasteiger partial charge is 0.356 e. The lowest BCUT2D eigenvalue weighted by Gasteiger charge is -2.24. The van der Waals surface area contributed by atoms with Crippen molar-refractivity contribution in [2.24, 2.45) is 0 Å². The molecule has 1 aromatic heterocycles. The van der Waals surface area contributed by atoms with Gasteiger partial charge in [0.1, 0.15) is 12.1 Å². The molecule has 0 unspecified atom stereocenters. The average Bonchev–Trinajstić information content (AvgIpc) is 3.89. The van der Waals surface area contributed by atoms with Crippen LogP contribution in [0.3, 0.4) is 0 Å². The molecule has 2 heterocycles. The van der Waals surface area contributed by atoms with Crippen molar-refractivity contribution in [3.63, 3.8) is 0 Å². The lowest BCUT2D eigenvalue weighted by atomic mass is 10.0. The summed E-state index contributed by atoms with van der Waals surface area (Å²) in [7, 11) is 0. The standard InChI is InChI=1S/C45H46Cl2F2N8O4/c1-2-3-14-42(58)50-20-19-38(43(59)51-26-29-10-5-4-6-11-29)53-44(60)39(24-30-15-18-36(48)37(49)23-30)54-45(61)52-31-16-17-32-40(28-56-21-7-8-22-56)55-57(41(32)25-31)27-33-34(46)12-9-13-35(33)47/h1,4-6,9-13,15-18,23,25,38-39H,3,7-8,14,19-22,24,26-28H2,(H,50,58)(H,51,59)(H,53,60)(H2,52,54,61)/t38-,39-/m0/s1. The predicted octanol–water partition coefficient (Wildman–Crippen LogP) is 6.72. The molecule has 12 nitrogen and oxygen atoms in total. The minimum Gasteiger partial charge on any atom is -0.356 e. The van der Waals surface area contributed by atoms with Gasteiger partial charge < -0.3 is 26.6 Å². The number of carbonyl (C=O) groups excluding carboxylic acids is 4. The molecule has 318 valence electrons. The molecular weight excluding hydrogens is 825 g/mol. The molecule has 16 heteroatoms. The van der Waals surface area contributed by atoms with Gasteiger partial charge in [-0.15, -0.1) is 12.3 Å². The van der Waals surface area contributed by atoms with E-state index in [4.69, 9.17) is 34.7 Å². The number of rotatable bonds is 18. The van der Waals surface area contributed by atoms with Crippen LogP contribution in [0.2, 0.25) is 10.0 Å². The molecule has 1 fully saturated rings. The SMILES string of the molecule is C#CCCC(=O)NCC[C@H](NC(=O)[C@H](Cc1ccc(F)c(F)c1)NC(=O)Nc1ccc2c(CN3CCCC3)nn(Cc3c(Cl)cccc3Cl)c2c1)C(=O)NCc1ccccc1. The summed E-state index contributed by atoms with van der Waals surface area (Å²) in [4.78, 5) is 55.9. The van der Waals surface area contributed by atoms with Crippen LogP contribution in [-0.4, -0.2) is 70.2 Å². The number of halogens is 4. The number of terminal acetylenes is 1. The van der Waals surface area contributed by atoms with Crippen LogP contribution in [0.15, 0.2) is 84.9 Å². The summed E-state index contributed by atoms with van der Waals surface area (Å²) in [5.41, 5.74) is 3.64. The van der Waals surface area contributed by atoms with Gasteiger partial charge in [0.25, 0.3) is 0 Å². The zero-order chi connectivity index (χ0) is 43.3. The molecule has 1 aliphatic heterocycles. The molecule has 0 aliphatic carbocycles. The fourth-order valence-electron chi connectivity index (χ4n) is 7.06. The van der Waals surface area contributed by atoms with Gasteiger partial charge >= 0.3 is 6.03 Å². The third-order valence-electron chi connectivity index (χ3n) is 10.3. The van der Waals surface area contributed by atoms with E-state index in [-0.39, 0.29) is 56.8 Å². The second kappa shape index (κ2) is 21.5. The van der Waals surface area contributed by atoms with Crippen molar-refractivity contribution in [3.05, 3.63) is 129 Å². The minimum atomic E-state index is -1.37. The van der Waals surface area contributed by atoms with Gasteiger partial charge in [-0.1, -0.05) is 65.7 Å². The molecule has 5 aromatic rings. The molecule has 0 spiro atoms. The van der Waals surface area contributed by atoms with Crippen LogP contribution < -0.4 is 26.6 Å². The van der Waals surface area contributed by atoms with Crippen LogP contribution in [0.25, 0.3) is 10.9 Å². The fourth-order valence-corrected chi connectivity index (χ4v) is 7.58. The molecule has 61 heavy (non-hydrogen) atoms. The fraction of sp³-hybridized carbons (Fsp3) is 0.311. The third kappa shape index (κ3) is 12.5. The number of hydrogen-bond donors (Lipinski definition) is 5. The summed E-state index contributed by atoms with van der Waals surface area (Å²) in [6.45, 7) is 3.01. The third-order valence-corrected chi connectivity index (χ3v) is 11.0. The predicted molar refractivity (Wildman–Crippen MR) is 232 cm³/mol. The molecule has 0 bridgehead atoms. The maximum Gasteiger partial charge on any atom is 0.319 e.